The number of aromatic hydroxyl groups is 3. The molecule has 0 fully saturated rings. The zero-order valence-corrected chi connectivity index (χ0v) is 14.8. The second-order valence-electron chi connectivity index (χ2n) is 6.67. The minimum atomic E-state index is 0.148. The molecule has 0 spiro atoms. The topological polar surface area (TPSA) is 60.7 Å². The summed E-state index contributed by atoms with van der Waals surface area (Å²) in [6, 6.07) is 22.1. The maximum Gasteiger partial charge on any atom is 0.115 e. The van der Waals surface area contributed by atoms with Crippen molar-refractivity contribution in [2.24, 2.45) is 0 Å². The minimum Gasteiger partial charge on any atom is -0.508 e. The number of phenols is 3. The van der Waals surface area contributed by atoms with Crippen LogP contribution in [0.2, 0.25) is 0 Å². The van der Waals surface area contributed by atoms with Crippen molar-refractivity contribution in [2.75, 3.05) is 0 Å². The molecule has 0 aliphatic heterocycles. The maximum absolute atomic E-state index is 9.62. The van der Waals surface area contributed by atoms with Gasteiger partial charge in [0, 0.05) is 5.92 Å². The van der Waals surface area contributed by atoms with Crippen LogP contribution < -0.4 is 0 Å². The Labute approximate surface area is 154 Å². The Morgan fingerprint density at radius 2 is 0.923 bits per heavy atom. The SMILES string of the molecule is CCC(CC(c1ccc(O)cc1)c1ccc(O)cc1)c1ccc(O)cc1. The number of phenolic OH excluding ortho intramolecular Hbond substituents is 3. The lowest BCUT2D eigenvalue weighted by Crippen LogP contribution is -2.08. The molecule has 26 heavy (non-hydrogen) atoms. The number of hydrogen-bond acceptors (Lipinski definition) is 3. The van der Waals surface area contributed by atoms with Gasteiger partial charge in [-0.2, -0.15) is 0 Å². The summed E-state index contributed by atoms with van der Waals surface area (Å²) in [4.78, 5) is 0. The molecule has 0 bridgehead atoms. The zero-order chi connectivity index (χ0) is 18.5. The highest BCUT2D eigenvalue weighted by Crippen LogP contribution is 2.37. The summed E-state index contributed by atoms with van der Waals surface area (Å²) in [6.45, 7) is 2.17. The molecule has 1 unspecified atom stereocenters. The van der Waals surface area contributed by atoms with Crippen molar-refractivity contribution in [3.63, 3.8) is 0 Å². The largest absolute Gasteiger partial charge is 0.508 e. The van der Waals surface area contributed by atoms with E-state index in [-0.39, 0.29) is 23.2 Å². The second-order valence-corrected chi connectivity index (χ2v) is 6.67. The van der Waals surface area contributed by atoms with Gasteiger partial charge in [0.1, 0.15) is 17.2 Å². The van der Waals surface area contributed by atoms with Crippen molar-refractivity contribution < 1.29 is 15.3 Å². The van der Waals surface area contributed by atoms with Crippen LogP contribution in [0.3, 0.4) is 0 Å². The lowest BCUT2D eigenvalue weighted by atomic mass is 9.80. The van der Waals surface area contributed by atoms with Crippen LogP contribution >= 0.6 is 0 Å². The molecule has 3 N–H and O–H groups in total. The molecule has 0 aliphatic carbocycles. The highest BCUT2D eigenvalue weighted by molar-refractivity contribution is 5.39. The van der Waals surface area contributed by atoms with Gasteiger partial charge in [0.2, 0.25) is 0 Å². The molecule has 0 radical (unpaired) electrons. The van der Waals surface area contributed by atoms with E-state index in [0.717, 1.165) is 24.0 Å². The molecule has 134 valence electrons. The van der Waals surface area contributed by atoms with Gasteiger partial charge in [-0.25, -0.2) is 0 Å². The van der Waals surface area contributed by atoms with Crippen LogP contribution in [0.5, 0.6) is 17.2 Å². The van der Waals surface area contributed by atoms with Gasteiger partial charge in [-0.3, -0.25) is 0 Å². The van der Waals surface area contributed by atoms with Gasteiger partial charge in [0.05, 0.1) is 0 Å². The highest BCUT2D eigenvalue weighted by atomic mass is 16.3. The van der Waals surface area contributed by atoms with E-state index < -0.39 is 0 Å². The lowest BCUT2D eigenvalue weighted by Gasteiger charge is -2.24. The first-order chi connectivity index (χ1) is 12.6. The summed E-state index contributed by atoms with van der Waals surface area (Å²) < 4.78 is 0. The van der Waals surface area contributed by atoms with Crippen molar-refractivity contribution in [1.82, 2.24) is 0 Å². The molecule has 3 heteroatoms. The Hall–Kier alpha value is -2.94. The second kappa shape index (κ2) is 7.96. The van der Waals surface area contributed by atoms with Crippen LogP contribution in [0.1, 0.15) is 48.3 Å². The number of hydrogen-bond donors (Lipinski definition) is 3. The molecule has 0 amide bonds. The third kappa shape index (κ3) is 4.17. The van der Waals surface area contributed by atoms with Gasteiger partial charge in [-0.15, -0.1) is 0 Å². The fraction of sp³-hybridized carbons (Fsp3) is 0.217. The van der Waals surface area contributed by atoms with E-state index in [4.69, 9.17) is 0 Å². The summed E-state index contributed by atoms with van der Waals surface area (Å²) in [7, 11) is 0. The molecule has 0 saturated carbocycles. The normalized spacial score (nSPS) is 12.2. The van der Waals surface area contributed by atoms with Gasteiger partial charge in [-0.1, -0.05) is 43.3 Å². The van der Waals surface area contributed by atoms with Gasteiger partial charge >= 0.3 is 0 Å². The van der Waals surface area contributed by atoms with E-state index in [0.29, 0.717) is 5.92 Å². The monoisotopic (exact) mass is 348 g/mol. The summed E-state index contributed by atoms with van der Waals surface area (Å²) in [5.41, 5.74) is 3.46. The standard InChI is InChI=1S/C23H24O3/c1-2-16(17-3-9-20(24)10-4-17)15-23(18-5-11-21(25)12-6-18)19-7-13-22(26)14-8-19/h3-14,16,23-26H,2,15H2,1H3. The van der Waals surface area contributed by atoms with E-state index in [9.17, 15) is 15.3 Å². The van der Waals surface area contributed by atoms with Crippen LogP contribution in [0.15, 0.2) is 72.8 Å². The van der Waals surface area contributed by atoms with E-state index >= 15 is 0 Å². The van der Waals surface area contributed by atoms with Crippen molar-refractivity contribution in [1.29, 1.82) is 0 Å². The fourth-order valence-electron chi connectivity index (χ4n) is 3.45. The quantitative estimate of drug-likeness (QED) is 0.550. The molecule has 3 aromatic rings. The molecular weight excluding hydrogens is 324 g/mol. The molecule has 3 nitrogen and oxygen atoms in total. The van der Waals surface area contributed by atoms with Gasteiger partial charge < -0.3 is 15.3 Å². The lowest BCUT2D eigenvalue weighted by molar-refractivity contribution is 0.474. The first kappa shape index (κ1) is 17.9. The van der Waals surface area contributed by atoms with Gasteiger partial charge in [0.25, 0.3) is 0 Å². The van der Waals surface area contributed by atoms with E-state index in [2.05, 4.69) is 6.92 Å². The van der Waals surface area contributed by atoms with Crippen molar-refractivity contribution in [3.05, 3.63) is 89.5 Å². The average molecular weight is 348 g/mol. The number of rotatable bonds is 6. The van der Waals surface area contributed by atoms with Crippen LogP contribution in [0.25, 0.3) is 0 Å². The van der Waals surface area contributed by atoms with Gasteiger partial charge in [-0.05, 0) is 71.8 Å². The van der Waals surface area contributed by atoms with E-state index in [1.54, 1.807) is 36.4 Å². The van der Waals surface area contributed by atoms with Gasteiger partial charge in [0.15, 0.2) is 0 Å². The van der Waals surface area contributed by atoms with Crippen LogP contribution in [-0.2, 0) is 0 Å². The van der Waals surface area contributed by atoms with Crippen molar-refractivity contribution in [3.8, 4) is 17.2 Å². The molecule has 3 rings (SSSR count). The Morgan fingerprint density at radius 3 is 1.27 bits per heavy atom. The third-order valence-corrected chi connectivity index (χ3v) is 4.97. The average Bonchev–Trinajstić information content (AvgIpc) is 2.66. The fourth-order valence-corrected chi connectivity index (χ4v) is 3.45. The molecule has 0 heterocycles. The highest BCUT2D eigenvalue weighted by Gasteiger charge is 2.20. The molecule has 3 aromatic carbocycles. The van der Waals surface area contributed by atoms with Crippen molar-refractivity contribution in [2.45, 2.75) is 31.6 Å². The molecule has 1 atom stereocenters. The first-order valence-electron chi connectivity index (χ1n) is 8.93. The third-order valence-electron chi connectivity index (χ3n) is 4.97. The number of benzene rings is 3. The van der Waals surface area contributed by atoms with E-state index in [1.165, 1.54) is 5.56 Å². The predicted octanol–water partition coefficient (Wildman–Crippen LogP) is 5.52. The first-order valence-corrected chi connectivity index (χ1v) is 8.93. The molecular formula is C23H24O3. The molecule has 0 aromatic heterocycles. The summed E-state index contributed by atoms with van der Waals surface area (Å²) in [5, 5.41) is 28.8. The zero-order valence-electron chi connectivity index (χ0n) is 14.8. The Kier molecular flexibility index (Phi) is 5.47. The summed E-state index contributed by atoms with van der Waals surface area (Å²) in [5.74, 6) is 1.27. The Balaban J connectivity index is 1.95. The van der Waals surface area contributed by atoms with Crippen LogP contribution in [0.4, 0.5) is 0 Å². The Bertz CT molecular complexity index is 775. The molecule has 0 aliphatic rings. The van der Waals surface area contributed by atoms with E-state index in [1.807, 2.05) is 36.4 Å². The smallest absolute Gasteiger partial charge is 0.115 e. The predicted molar refractivity (Wildman–Crippen MR) is 104 cm³/mol. The summed E-state index contributed by atoms with van der Waals surface area (Å²) >= 11 is 0. The van der Waals surface area contributed by atoms with Crippen molar-refractivity contribution >= 4 is 0 Å². The summed E-state index contributed by atoms with van der Waals surface area (Å²) in [6.07, 6.45) is 1.88. The molecule has 0 saturated heterocycles. The maximum atomic E-state index is 9.62. The Morgan fingerprint density at radius 1 is 0.577 bits per heavy atom. The van der Waals surface area contributed by atoms with Crippen LogP contribution in [0, 0.1) is 0 Å². The minimum absolute atomic E-state index is 0.148. The van der Waals surface area contributed by atoms with Crippen LogP contribution in [-0.4, -0.2) is 15.3 Å².